The maximum absolute atomic E-state index is 13.3. The summed E-state index contributed by atoms with van der Waals surface area (Å²) >= 11 is 1.33. The molecule has 196 valence electrons. The molecule has 1 aliphatic carbocycles. The van der Waals surface area contributed by atoms with Crippen LogP contribution in [0.1, 0.15) is 64.9 Å². The maximum Gasteiger partial charge on any atom is 0.248 e. The van der Waals surface area contributed by atoms with Gasteiger partial charge in [0.25, 0.3) is 0 Å². The van der Waals surface area contributed by atoms with Crippen molar-refractivity contribution in [2.45, 2.75) is 75.6 Å². The number of carbonyl (C=O) groups excluding carboxylic acids is 2. The van der Waals surface area contributed by atoms with Gasteiger partial charge in [0.1, 0.15) is 6.04 Å². The number of amides is 2. The molecular weight excluding hydrogens is 496 g/mol. The molecule has 1 saturated heterocycles. The Hall–Kier alpha value is -2.30. The number of piperazine rings is 1. The SMILES string of the molecule is CC(C)(C)c1ccc(S(=O)(=O)N2CCN(C(CC3CCCCC3)C(=O)Nc3nccs3)C(=O)C2)cc1. The molecule has 0 bridgehead atoms. The van der Waals surface area contributed by atoms with E-state index in [2.05, 4.69) is 31.1 Å². The lowest BCUT2D eigenvalue weighted by Gasteiger charge is -2.39. The molecular formula is C26H36N4O4S2. The Morgan fingerprint density at radius 2 is 1.83 bits per heavy atom. The minimum Gasteiger partial charge on any atom is -0.328 e. The standard InChI is InChI=1S/C26H36N4O4S2/c1-26(2,3)20-9-11-21(12-10-20)36(33,34)29-14-15-30(23(31)18-29)22(17-19-7-5-4-6-8-19)24(32)28-25-27-13-16-35-25/h9-13,16,19,22H,4-8,14-15,17-18H2,1-3H3,(H,27,28,32). The first-order valence-electron chi connectivity index (χ1n) is 12.7. The van der Waals surface area contributed by atoms with E-state index in [0.717, 1.165) is 31.2 Å². The van der Waals surface area contributed by atoms with Gasteiger partial charge in [0.05, 0.1) is 11.4 Å². The van der Waals surface area contributed by atoms with Gasteiger partial charge in [-0.1, -0.05) is 65.0 Å². The number of nitrogens with one attached hydrogen (secondary N) is 1. The van der Waals surface area contributed by atoms with Crippen LogP contribution in [-0.4, -0.2) is 60.1 Å². The molecule has 1 N–H and O–H groups in total. The van der Waals surface area contributed by atoms with Crippen LogP contribution in [0.5, 0.6) is 0 Å². The van der Waals surface area contributed by atoms with Crippen molar-refractivity contribution in [1.82, 2.24) is 14.2 Å². The minimum absolute atomic E-state index is 0.0869. The largest absolute Gasteiger partial charge is 0.328 e. The van der Waals surface area contributed by atoms with Crippen molar-refractivity contribution in [2.75, 3.05) is 25.0 Å². The fourth-order valence-electron chi connectivity index (χ4n) is 5.06. The third kappa shape index (κ3) is 6.15. The zero-order valence-electron chi connectivity index (χ0n) is 21.3. The van der Waals surface area contributed by atoms with Gasteiger partial charge in [-0.3, -0.25) is 9.59 Å². The van der Waals surface area contributed by atoms with Crippen molar-refractivity contribution in [1.29, 1.82) is 0 Å². The molecule has 1 saturated carbocycles. The van der Waals surface area contributed by atoms with Gasteiger partial charge < -0.3 is 10.2 Å². The number of benzene rings is 1. The van der Waals surface area contributed by atoms with Crippen LogP contribution < -0.4 is 5.32 Å². The van der Waals surface area contributed by atoms with Crippen molar-refractivity contribution in [2.24, 2.45) is 5.92 Å². The Bertz CT molecular complexity index is 1150. The number of aromatic nitrogens is 1. The van der Waals surface area contributed by atoms with E-state index in [1.54, 1.807) is 28.6 Å². The normalized spacial score (nSPS) is 19.3. The molecule has 4 rings (SSSR count). The van der Waals surface area contributed by atoms with Crippen LogP contribution in [0.4, 0.5) is 5.13 Å². The van der Waals surface area contributed by atoms with Crippen molar-refractivity contribution in [3.8, 4) is 0 Å². The molecule has 0 radical (unpaired) electrons. The Labute approximate surface area is 218 Å². The van der Waals surface area contributed by atoms with Crippen LogP contribution in [0.25, 0.3) is 0 Å². The molecule has 10 heteroatoms. The number of sulfonamides is 1. The monoisotopic (exact) mass is 532 g/mol. The summed E-state index contributed by atoms with van der Waals surface area (Å²) in [5.41, 5.74) is 0.954. The molecule has 1 aromatic carbocycles. The summed E-state index contributed by atoms with van der Waals surface area (Å²) in [4.78, 5) is 32.5. The third-order valence-electron chi connectivity index (χ3n) is 7.20. The molecule has 1 atom stereocenters. The zero-order valence-corrected chi connectivity index (χ0v) is 22.9. The Balaban J connectivity index is 1.49. The van der Waals surface area contributed by atoms with Gasteiger partial charge in [-0.2, -0.15) is 4.31 Å². The predicted octanol–water partition coefficient (Wildman–Crippen LogP) is 4.25. The lowest BCUT2D eigenvalue weighted by molar-refractivity contribution is -0.142. The lowest BCUT2D eigenvalue weighted by Crippen LogP contribution is -2.58. The second-order valence-electron chi connectivity index (χ2n) is 10.8. The van der Waals surface area contributed by atoms with Gasteiger partial charge in [-0.25, -0.2) is 13.4 Å². The number of hydrogen-bond acceptors (Lipinski definition) is 6. The first kappa shape index (κ1) is 26.8. The number of hydrogen-bond donors (Lipinski definition) is 1. The van der Waals surface area contributed by atoms with Crippen molar-refractivity contribution in [3.05, 3.63) is 41.4 Å². The van der Waals surface area contributed by atoms with E-state index in [1.807, 2.05) is 12.1 Å². The molecule has 2 aromatic rings. The average molecular weight is 533 g/mol. The van der Waals surface area contributed by atoms with E-state index < -0.39 is 16.1 Å². The van der Waals surface area contributed by atoms with Gasteiger partial charge in [0, 0.05) is 24.7 Å². The summed E-state index contributed by atoms with van der Waals surface area (Å²) in [6.45, 7) is 6.28. The van der Waals surface area contributed by atoms with E-state index in [0.29, 0.717) is 17.5 Å². The second-order valence-corrected chi connectivity index (χ2v) is 13.6. The number of carbonyl (C=O) groups is 2. The predicted molar refractivity (Wildman–Crippen MR) is 141 cm³/mol. The van der Waals surface area contributed by atoms with Crippen LogP contribution >= 0.6 is 11.3 Å². The number of nitrogens with zero attached hydrogens (tertiary/aromatic N) is 3. The summed E-state index contributed by atoms with van der Waals surface area (Å²) in [5, 5.41) is 5.14. The van der Waals surface area contributed by atoms with E-state index in [9.17, 15) is 18.0 Å². The van der Waals surface area contributed by atoms with Crippen LogP contribution in [0, 0.1) is 5.92 Å². The minimum atomic E-state index is -3.82. The van der Waals surface area contributed by atoms with E-state index >= 15 is 0 Å². The molecule has 1 aliphatic heterocycles. The number of thiazole rings is 1. The van der Waals surface area contributed by atoms with Crippen molar-refractivity contribution < 1.29 is 18.0 Å². The fourth-order valence-corrected chi connectivity index (χ4v) is 6.98. The molecule has 2 amide bonds. The Kier molecular flexibility index (Phi) is 8.16. The highest BCUT2D eigenvalue weighted by molar-refractivity contribution is 7.89. The van der Waals surface area contributed by atoms with Crippen molar-refractivity contribution in [3.63, 3.8) is 0 Å². The number of anilines is 1. The molecule has 0 spiro atoms. The molecule has 2 aliphatic rings. The van der Waals surface area contributed by atoms with Gasteiger partial charge in [-0.05, 0) is 35.4 Å². The van der Waals surface area contributed by atoms with E-state index in [-0.39, 0.29) is 41.8 Å². The van der Waals surface area contributed by atoms with Gasteiger partial charge in [0.15, 0.2) is 5.13 Å². The molecule has 2 heterocycles. The van der Waals surface area contributed by atoms with Gasteiger partial charge in [-0.15, -0.1) is 11.3 Å². The molecule has 8 nitrogen and oxygen atoms in total. The fraction of sp³-hybridized carbons (Fsp3) is 0.577. The quantitative estimate of drug-likeness (QED) is 0.575. The smallest absolute Gasteiger partial charge is 0.248 e. The summed E-state index contributed by atoms with van der Waals surface area (Å²) in [5.74, 6) is -0.217. The summed E-state index contributed by atoms with van der Waals surface area (Å²) in [6.07, 6.45) is 7.79. The zero-order chi connectivity index (χ0) is 25.9. The summed E-state index contributed by atoms with van der Waals surface area (Å²) in [7, 11) is -3.82. The Morgan fingerprint density at radius 3 is 2.42 bits per heavy atom. The van der Waals surface area contributed by atoms with E-state index in [4.69, 9.17) is 0 Å². The van der Waals surface area contributed by atoms with Crippen LogP contribution in [-0.2, 0) is 25.0 Å². The Morgan fingerprint density at radius 1 is 1.14 bits per heavy atom. The van der Waals surface area contributed by atoms with Crippen LogP contribution in [0.3, 0.4) is 0 Å². The topological polar surface area (TPSA) is 99.7 Å². The molecule has 2 fully saturated rings. The maximum atomic E-state index is 13.3. The highest BCUT2D eigenvalue weighted by Crippen LogP contribution is 2.31. The summed E-state index contributed by atoms with van der Waals surface area (Å²) < 4.78 is 27.8. The van der Waals surface area contributed by atoms with Gasteiger partial charge >= 0.3 is 0 Å². The number of rotatable bonds is 7. The first-order chi connectivity index (χ1) is 17.1. The highest BCUT2D eigenvalue weighted by atomic mass is 32.2. The molecule has 36 heavy (non-hydrogen) atoms. The van der Waals surface area contributed by atoms with Crippen molar-refractivity contribution >= 4 is 38.3 Å². The van der Waals surface area contributed by atoms with E-state index in [1.165, 1.54) is 22.1 Å². The molecule has 1 aromatic heterocycles. The third-order valence-corrected chi connectivity index (χ3v) is 9.75. The summed E-state index contributed by atoms with van der Waals surface area (Å²) in [6, 6.07) is 6.24. The van der Waals surface area contributed by atoms with Gasteiger partial charge in [0.2, 0.25) is 21.8 Å². The van der Waals surface area contributed by atoms with Crippen LogP contribution in [0.15, 0.2) is 40.7 Å². The lowest BCUT2D eigenvalue weighted by atomic mass is 9.84. The second kappa shape index (κ2) is 11.0. The van der Waals surface area contributed by atoms with Crippen LogP contribution in [0.2, 0.25) is 0 Å². The molecule has 1 unspecified atom stereocenters. The average Bonchev–Trinajstić information content (AvgIpc) is 3.36. The highest BCUT2D eigenvalue weighted by Gasteiger charge is 2.39. The first-order valence-corrected chi connectivity index (χ1v) is 15.0.